The Hall–Kier alpha value is -3.09. The van der Waals surface area contributed by atoms with Crippen LogP contribution in [-0.2, 0) is 6.61 Å². The van der Waals surface area contributed by atoms with Gasteiger partial charge in [0.25, 0.3) is 5.91 Å². The van der Waals surface area contributed by atoms with E-state index < -0.39 is 0 Å². The van der Waals surface area contributed by atoms with Gasteiger partial charge in [0.2, 0.25) is 0 Å². The molecule has 0 spiro atoms. The first-order valence-corrected chi connectivity index (χ1v) is 10.2. The lowest BCUT2D eigenvalue weighted by Gasteiger charge is -2.14. The van der Waals surface area contributed by atoms with Crippen molar-refractivity contribution in [2.45, 2.75) is 13.5 Å². The first-order chi connectivity index (χ1) is 14.5. The van der Waals surface area contributed by atoms with Gasteiger partial charge in [0, 0.05) is 11.3 Å². The second kappa shape index (κ2) is 8.34. The Labute approximate surface area is 182 Å². The Morgan fingerprint density at radius 2 is 1.93 bits per heavy atom. The summed E-state index contributed by atoms with van der Waals surface area (Å²) in [5.41, 5.74) is 2.96. The molecule has 4 rings (SSSR count). The fourth-order valence-electron chi connectivity index (χ4n) is 3.48. The average molecular weight is 466 g/mol. The van der Waals surface area contributed by atoms with Crippen molar-refractivity contribution in [1.29, 1.82) is 0 Å². The number of methoxy groups -OCH3 is 1. The number of nitrogens with one attached hydrogen (secondary N) is 1. The molecule has 2 N–H and O–H groups in total. The lowest BCUT2D eigenvalue weighted by molar-refractivity contribution is 0.102. The molecule has 6 heteroatoms. The molecule has 0 aliphatic heterocycles. The largest absolute Gasteiger partial charge is 0.495 e. The lowest BCUT2D eigenvalue weighted by Crippen LogP contribution is -2.13. The molecule has 30 heavy (non-hydrogen) atoms. The van der Waals surface area contributed by atoms with Crippen LogP contribution >= 0.6 is 15.9 Å². The van der Waals surface area contributed by atoms with E-state index in [1.165, 1.54) is 0 Å². The van der Waals surface area contributed by atoms with Gasteiger partial charge in [0.05, 0.1) is 17.1 Å². The van der Waals surface area contributed by atoms with Crippen molar-refractivity contribution in [3.63, 3.8) is 0 Å². The van der Waals surface area contributed by atoms with E-state index in [1.54, 1.807) is 13.2 Å². The molecule has 0 aliphatic rings. The number of amides is 1. The predicted molar refractivity (Wildman–Crippen MR) is 121 cm³/mol. The van der Waals surface area contributed by atoms with E-state index in [2.05, 4.69) is 21.2 Å². The number of ether oxygens (including phenoxy) is 1. The summed E-state index contributed by atoms with van der Waals surface area (Å²) in [5, 5.41) is 14.1. The highest BCUT2D eigenvalue weighted by Crippen LogP contribution is 2.37. The molecule has 1 heterocycles. The number of carbonyl (C=O) groups excluding carboxylic acids is 1. The number of halogens is 1. The molecule has 0 saturated carbocycles. The summed E-state index contributed by atoms with van der Waals surface area (Å²) in [6.45, 7) is 1.80. The van der Waals surface area contributed by atoms with Crippen molar-refractivity contribution in [3.05, 3.63) is 82.0 Å². The Morgan fingerprint density at radius 1 is 1.13 bits per heavy atom. The number of benzene rings is 3. The van der Waals surface area contributed by atoms with Gasteiger partial charge >= 0.3 is 0 Å². The number of anilines is 1. The van der Waals surface area contributed by atoms with Crippen LogP contribution in [-0.4, -0.2) is 18.1 Å². The van der Waals surface area contributed by atoms with Crippen LogP contribution < -0.4 is 10.1 Å². The lowest BCUT2D eigenvalue weighted by atomic mass is 10.0. The maximum absolute atomic E-state index is 13.0. The number of hydrogen-bond donors (Lipinski definition) is 2. The maximum atomic E-state index is 13.0. The Bertz CT molecular complexity index is 1250. The molecule has 5 nitrogen and oxygen atoms in total. The predicted octanol–water partition coefficient (Wildman–Crippen LogP) is 5.92. The maximum Gasteiger partial charge on any atom is 0.259 e. The van der Waals surface area contributed by atoms with Gasteiger partial charge in [-0.25, -0.2) is 0 Å². The minimum Gasteiger partial charge on any atom is -0.495 e. The summed E-state index contributed by atoms with van der Waals surface area (Å²) in [6.07, 6.45) is 0. The highest BCUT2D eigenvalue weighted by molar-refractivity contribution is 9.10. The molecule has 152 valence electrons. The second-order valence-corrected chi connectivity index (χ2v) is 7.69. The third-order valence-corrected chi connectivity index (χ3v) is 5.74. The van der Waals surface area contributed by atoms with Crippen LogP contribution in [0.4, 0.5) is 5.69 Å². The molecule has 0 unspecified atom stereocenters. The van der Waals surface area contributed by atoms with Crippen LogP contribution in [0, 0.1) is 6.92 Å². The van der Waals surface area contributed by atoms with Crippen molar-refractivity contribution >= 4 is 38.3 Å². The topological polar surface area (TPSA) is 71.7 Å². The van der Waals surface area contributed by atoms with Crippen molar-refractivity contribution in [3.8, 4) is 17.1 Å². The van der Waals surface area contributed by atoms with E-state index in [0.29, 0.717) is 28.5 Å². The van der Waals surface area contributed by atoms with E-state index in [0.717, 1.165) is 26.4 Å². The minimum atomic E-state index is -0.258. The number of fused-ring (bicyclic) bond motifs is 1. The van der Waals surface area contributed by atoms with E-state index in [4.69, 9.17) is 9.15 Å². The Morgan fingerprint density at radius 3 is 2.63 bits per heavy atom. The summed E-state index contributed by atoms with van der Waals surface area (Å²) >= 11 is 3.57. The smallest absolute Gasteiger partial charge is 0.259 e. The number of aliphatic hydroxyl groups is 1. The van der Waals surface area contributed by atoms with E-state index in [9.17, 15) is 9.90 Å². The first kappa shape index (κ1) is 20.2. The van der Waals surface area contributed by atoms with Gasteiger partial charge < -0.3 is 19.6 Å². The van der Waals surface area contributed by atoms with Gasteiger partial charge in [0.1, 0.15) is 23.9 Å². The van der Waals surface area contributed by atoms with Crippen LogP contribution in [0.1, 0.15) is 21.7 Å². The molecule has 3 aromatic carbocycles. The molecule has 0 aliphatic carbocycles. The summed E-state index contributed by atoms with van der Waals surface area (Å²) in [4.78, 5) is 13.0. The molecule has 0 fully saturated rings. The van der Waals surface area contributed by atoms with Gasteiger partial charge in [-0.05, 0) is 75.6 Å². The molecule has 0 saturated heterocycles. The van der Waals surface area contributed by atoms with Crippen LogP contribution in [0.25, 0.3) is 22.1 Å². The molecular formula is C24H20BrNO4. The zero-order chi connectivity index (χ0) is 21.3. The molecule has 1 amide bonds. The van der Waals surface area contributed by atoms with Crippen molar-refractivity contribution < 1.29 is 19.1 Å². The minimum absolute atomic E-state index is 0.143. The van der Waals surface area contributed by atoms with Gasteiger partial charge in [-0.1, -0.05) is 24.3 Å². The number of aryl methyl sites for hydroxylation is 1. The molecule has 0 bridgehead atoms. The number of furan rings is 1. The molecule has 1 aromatic heterocycles. The Balaban J connectivity index is 1.65. The van der Waals surface area contributed by atoms with E-state index in [1.807, 2.05) is 61.5 Å². The van der Waals surface area contributed by atoms with E-state index >= 15 is 0 Å². The number of carbonyl (C=O) groups is 1. The number of aliphatic hydroxyl groups excluding tert-OH is 1. The number of hydrogen-bond acceptors (Lipinski definition) is 4. The van der Waals surface area contributed by atoms with Crippen molar-refractivity contribution in [2.24, 2.45) is 0 Å². The van der Waals surface area contributed by atoms with Crippen LogP contribution in [0.5, 0.6) is 5.75 Å². The summed E-state index contributed by atoms with van der Waals surface area (Å²) < 4.78 is 11.9. The third-order valence-electron chi connectivity index (χ3n) is 4.96. The zero-order valence-electron chi connectivity index (χ0n) is 16.5. The summed E-state index contributed by atoms with van der Waals surface area (Å²) in [6, 6.07) is 18.8. The second-order valence-electron chi connectivity index (χ2n) is 6.90. The molecule has 0 atom stereocenters. The number of rotatable bonds is 5. The zero-order valence-corrected chi connectivity index (χ0v) is 18.1. The van der Waals surface area contributed by atoms with Crippen molar-refractivity contribution in [1.82, 2.24) is 0 Å². The van der Waals surface area contributed by atoms with Gasteiger partial charge in [-0.2, -0.15) is 0 Å². The highest BCUT2D eigenvalue weighted by Gasteiger charge is 2.18. The summed E-state index contributed by atoms with van der Waals surface area (Å²) in [7, 11) is 1.55. The quantitative estimate of drug-likeness (QED) is 0.383. The van der Waals surface area contributed by atoms with Crippen LogP contribution in [0.2, 0.25) is 0 Å². The van der Waals surface area contributed by atoms with E-state index in [-0.39, 0.29) is 12.5 Å². The molecule has 0 radical (unpaired) electrons. The Kier molecular flexibility index (Phi) is 5.61. The molecular weight excluding hydrogens is 446 g/mol. The normalized spacial score (nSPS) is 10.9. The van der Waals surface area contributed by atoms with Crippen molar-refractivity contribution in [2.75, 3.05) is 12.4 Å². The fourth-order valence-corrected chi connectivity index (χ4v) is 4.21. The van der Waals surface area contributed by atoms with Gasteiger partial charge in [-0.3, -0.25) is 4.79 Å². The average Bonchev–Trinajstić information content (AvgIpc) is 3.22. The third kappa shape index (κ3) is 3.72. The SMILES string of the molecule is COc1c(C(=O)Nc2ccc(-c3ccc(CO)o3)c(C)c2)cc2ccccc2c1Br. The summed E-state index contributed by atoms with van der Waals surface area (Å²) in [5.74, 6) is 1.42. The first-order valence-electron chi connectivity index (χ1n) is 9.39. The monoisotopic (exact) mass is 465 g/mol. The standard InChI is InChI=1S/C24H20BrNO4/c1-14-11-16(7-9-18(14)21-10-8-17(13-27)30-21)26-24(28)20-12-15-5-3-4-6-19(15)22(25)23(20)29-2/h3-12,27H,13H2,1-2H3,(H,26,28). The molecule has 4 aromatic rings. The van der Waals surface area contributed by atoms with Gasteiger partial charge in [0.15, 0.2) is 0 Å². The van der Waals surface area contributed by atoms with Crippen LogP contribution in [0.15, 0.2) is 69.6 Å². The fraction of sp³-hybridized carbons (Fsp3) is 0.125. The van der Waals surface area contributed by atoms with Gasteiger partial charge in [-0.15, -0.1) is 0 Å². The highest BCUT2D eigenvalue weighted by atomic mass is 79.9. The van der Waals surface area contributed by atoms with Crippen LogP contribution in [0.3, 0.4) is 0 Å².